The summed E-state index contributed by atoms with van der Waals surface area (Å²) in [5.74, 6) is -0.899. The average Bonchev–Trinajstić information content (AvgIpc) is 2.73. The third-order valence-electron chi connectivity index (χ3n) is 6.48. The first-order valence-electron chi connectivity index (χ1n) is 14.0. The molecule has 2 nitrogen and oxygen atoms in total. The minimum absolute atomic E-state index is 0. The summed E-state index contributed by atoms with van der Waals surface area (Å²) >= 11 is 0. The molecular formula is C28H55AgO2. The molecule has 0 fully saturated rings. The number of carbonyl (C=O) groups is 1. The molecule has 0 aliphatic carbocycles. The normalized spacial score (nSPS) is 10.9. The fourth-order valence-electron chi connectivity index (χ4n) is 4.41. The minimum Gasteiger partial charge on any atom is -0.550 e. The molecule has 0 unspecified atom stereocenters. The molecule has 0 rings (SSSR count). The maximum absolute atomic E-state index is 10.3. The number of hydrogen-bond donors (Lipinski definition) is 0. The van der Waals surface area contributed by atoms with Crippen molar-refractivity contribution in [2.24, 2.45) is 0 Å². The van der Waals surface area contributed by atoms with Gasteiger partial charge >= 0.3 is 22.4 Å². The summed E-state index contributed by atoms with van der Waals surface area (Å²) in [5.41, 5.74) is 0. The zero-order chi connectivity index (χ0) is 22.0. The summed E-state index contributed by atoms with van der Waals surface area (Å²) in [6.07, 6.45) is 34.6. The van der Waals surface area contributed by atoms with Crippen LogP contribution in [-0.4, -0.2) is 5.97 Å². The molecule has 0 heterocycles. The fraction of sp³-hybridized carbons (Fsp3) is 0.964. The second-order valence-electron chi connectivity index (χ2n) is 9.61. The van der Waals surface area contributed by atoms with Gasteiger partial charge in [-0.15, -0.1) is 0 Å². The fourth-order valence-corrected chi connectivity index (χ4v) is 4.41. The van der Waals surface area contributed by atoms with Crippen molar-refractivity contribution >= 4 is 5.97 Å². The van der Waals surface area contributed by atoms with Crippen molar-refractivity contribution in [1.82, 2.24) is 0 Å². The molecule has 0 atom stereocenters. The van der Waals surface area contributed by atoms with Crippen LogP contribution in [0.25, 0.3) is 0 Å². The molecule has 0 amide bonds. The number of hydrogen-bond acceptors (Lipinski definition) is 2. The summed E-state index contributed by atoms with van der Waals surface area (Å²) < 4.78 is 0. The first kappa shape index (κ1) is 33.4. The summed E-state index contributed by atoms with van der Waals surface area (Å²) in [5, 5.41) is 10.3. The summed E-state index contributed by atoms with van der Waals surface area (Å²) in [6, 6.07) is 0. The van der Waals surface area contributed by atoms with Gasteiger partial charge in [0.2, 0.25) is 0 Å². The second-order valence-corrected chi connectivity index (χ2v) is 9.61. The first-order valence-corrected chi connectivity index (χ1v) is 14.0. The first-order chi connectivity index (χ1) is 14.8. The zero-order valence-corrected chi connectivity index (χ0v) is 22.5. The van der Waals surface area contributed by atoms with Gasteiger partial charge in [0.25, 0.3) is 0 Å². The number of rotatable bonds is 26. The van der Waals surface area contributed by atoms with Crippen LogP contribution in [0.5, 0.6) is 0 Å². The molecular weight excluding hydrogens is 476 g/mol. The predicted molar refractivity (Wildman–Crippen MR) is 131 cm³/mol. The second kappa shape index (κ2) is 30.2. The summed E-state index contributed by atoms with van der Waals surface area (Å²) in [4.78, 5) is 10.3. The quantitative estimate of drug-likeness (QED) is 0.0826. The van der Waals surface area contributed by atoms with Crippen molar-refractivity contribution in [2.45, 2.75) is 174 Å². The molecule has 0 bridgehead atoms. The average molecular weight is 532 g/mol. The van der Waals surface area contributed by atoms with E-state index in [1.54, 1.807) is 0 Å². The Morgan fingerprint density at radius 1 is 0.419 bits per heavy atom. The molecule has 0 saturated carbocycles. The van der Waals surface area contributed by atoms with Gasteiger partial charge in [0.1, 0.15) is 0 Å². The van der Waals surface area contributed by atoms with Crippen LogP contribution in [0.2, 0.25) is 0 Å². The Kier molecular flexibility index (Phi) is 32.5. The molecule has 0 aromatic rings. The molecule has 0 aromatic heterocycles. The van der Waals surface area contributed by atoms with Gasteiger partial charge in [-0.25, -0.2) is 0 Å². The standard InChI is InChI=1S/C28H56O2.Ag/c1-2-3-4-5-6-7-8-9-10-11-12-13-14-15-16-17-18-19-20-21-22-23-24-25-26-27-28(29)30;/h2-27H2,1H3,(H,29,30);/q;+1/p-1. The van der Waals surface area contributed by atoms with Crippen LogP contribution < -0.4 is 5.11 Å². The minimum atomic E-state index is -0.899. The van der Waals surface area contributed by atoms with E-state index in [4.69, 9.17) is 0 Å². The van der Waals surface area contributed by atoms with E-state index in [9.17, 15) is 9.90 Å². The largest absolute Gasteiger partial charge is 1.00 e. The van der Waals surface area contributed by atoms with E-state index in [0.717, 1.165) is 12.8 Å². The molecule has 3 heteroatoms. The third kappa shape index (κ3) is 32.5. The van der Waals surface area contributed by atoms with Gasteiger partial charge < -0.3 is 9.90 Å². The maximum atomic E-state index is 10.3. The summed E-state index contributed by atoms with van der Waals surface area (Å²) in [7, 11) is 0. The van der Waals surface area contributed by atoms with Crippen molar-refractivity contribution in [3.05, 3.63) is 0 Å². The molecule has 0 aromatic carbocycles. The van der Waals surface area contributed by atoms with Crippen LogP contribution in [0.3, 0.4) is 0 Å². The van der Waals surface area contributed by atoms with E-state index in [-0.39, 0.29) is 28.8 Å². The number of unbranched alkanes of at least 4 members (excludes halogenated alkanes) is 24. The van der Waals surface area contributed by atoms with E-state index < -0.39 is 5.97 Å². The van der Waals surface area contributed by atoms with Gasteiger partial charge in [0.05, 0.1) is 0 Å². The van der Waals surface area contributed by atoms with Crippen molar-refractivity contribution in [2.75, 3.05) is 0 Å². The van der Waals surface area contributed by atoms with Gasteiger partial charge in [0, 0.05) is 5.97 Å². The molecule has 0 aliphatic rings. The van der Waals surface area contributed by atoms with Gasteiger partial charge in [-0.05, 0) is 12.8 Å². The predicted octanol–water partition coefficient (Wildman–Crippen LogP) is 8.90. The number of carboxylic acid groups (broad SMARTS) is 1. The molecule has 0 saturated heterocycles. The maximum Gasteiger partial charge on any atom is 1.00 e. The molecule has 0 N–H and O–H groups in total. The van der Waals surface area contributed by atoms with Crippen LogP contribution in [0.1, 0.15) is 174 Å². The van der Waals surface area contributed by atoms with E-state index in [1.807, 2.05) is 0 Å². The van der Waals surface area contributed by atoms with Crippen LogP contribution in [0.4, 0.5) is 0 Å². The Hall–Kier alpha value is 0.210. The van der Waals surface area contributed by atoms with Gasteiger partial charge in [-0.3, -0.25) is 0 Å². The Morgan fingerprint density at radius 3 is 0.806 bits per heavy atom. The van der Waals surface area contributed by atoms with Gasteiger partial charge in [-0.1, -0.05) is 161 Å². The summed E-state index contributed by atoms with van der Waals surface area (Å²) in [6.45, 7) is 2.29. The van der Waals surface area contributed by atoms with Gasteiger partial charge in [0.15, 0.2) is 0 Å². The van der Waals surface area contributed by atoms with E-state index in [0.29, 0.717) is 0 Å². The molecule has 31 heavy (non-hydrogen) atoms. The zero-order valence-electron chi connectivity index (χ0n) is 21.0. The molecule has 0 aliphatic heterocycles. The topological polar surface area (TPSA) is 40.1 Å². The van der Waals surface area contributed by atoms with Crippen molar-refractivity contribution in [3.63, 3.8) is 0 Å². The Bertz CT molecular complexity index is 333. The number of carboxylic acids is 1. The van der Waals surface area contributed by atoms with Crippen LogP contribution >= 0.6 is 0 Å². The van der Waals surface area contributed by atoms with Gasteiger partial charge in [-0.2, -0.15) is 0 Å². The van der Waals surface area contributed by atoms with Crippen molar-refractivity contribution in [1.29, 1.82) is 0 Å². The number of carbonyl (C=O) groups excluding carboxylic acids is 1. The van der Waals surface area contributed by atoms with E-state index >= 15 is 0 Å². The van der Waals surface area contributed by atoms with Crippen LogP contribution in [0.15, 0.2) is 0 Å². The number of aliphatic carboxylic acids is 1. The van der Waals surface area contributed by atoms with Crippen molar-refractivity contribution in [3.8, 4) is 0 Å². The monoisotopic (exact) mass is 530 g/mol. The van der Waals surface area contributed by atoms with Crippen molar-refractivity contribution < 1.29 is 32.3 Å². The SMILES string of the molecule is CCCCCCCCCCCCCCCCCCCCCCCCCCCC(=O)[O-].[Ag+]. The third-order valence-corrected chi connectivity index (χ3v) is 6.48. The van der Waals surface area contributed by atoms with Crippen LogP contribution in [-0.2, 0) is 27.2 Å². The van der Waals surface area contributed by atoms with Crippen LogP contribution in [0, 0.1) is 0 Å². The smallest absolute Gasteiger partial charge is 0.550 e. The Labute approximate surface area is 211 Å². The van der Waals surface area contributed by atoms with E-state index in [1.165, 1.54) is 148 Å². The molecule has 190 valence electrons. The Balaban J connectivity index is 0. The molecule has 0 spiro atoms. The molecule has 0 radical (unpaired) electrons. The van der Waals surface area contributed by atoms with E-state index in [2.05, 4.69) is 6.92 Å². The Morgan fingerprint density at radius 2 is 0.613 bits per heavy atom.